The van der Waals surface area contributed by atoms with Crippen LogP contribution in [0.1, 0.15) is 12.5 Å². The van der Waals surface area contributed by atoms with Crippen molar-refractivity contribution < 1.29 is 9.13 Å². The van der Waals surface area contributed by atoms with Gasteiger partial charge in [0.25, 0.3) is 0 Å². The third kappa shape index (κ3) is 2.11. The summed E-state index contributed by atoms with van der Waals surface area (Å²) in [5.41, 5.74) is -0.0683. The lowest BCUT2D eigenvalue weighted by Gasteiger charge is -2.11. The Labute approximate surface area is 82.2 Å². The van der Waals surface area contributed by atoms with Crippen LogP contribution in [0, 0.1) is 17.1 Å². The highest BCUT2D eigenvalue weighted by Gasteiger charge is 2.09. The van der Waals surface area contributed by atoms with Crippen LogP contribution in [0.4, 0.5) is 4.39 Å². The van der Waals surface area contributed by atoms with E-state index in [1.54, 1.807) is 25.1 Å². The van der Waals surface area contributed by atoms with Crippen LogP contribution in [-0.4, -0.2) is 6.10 Å². The summed E-state index contributed by atoms with van der Waals surface area (Å²) in [6, 6.07) is 6.04. The molecule has 0 saturated carbocycles. The normalized spacial score (nSPS) is 11.5. The minimum Gasteiger partial charge on any atom is -0.485 e. The summed E-state index contributed by atoms with van der Waals surface area (Å²) in [5.74, 6) is -0.318. The molecule has 72 valence electrons. The molecule has 0 N–H and O–H groups in total. The van der Waals surface area contributed by atoms with E-state index >= 15 is 0 Å². The zero-order chi connectivity index (χ0) is 10.6. The van der Waals surface area contributed by atoms with Gasteiger partial charge in [-0.3, -0.25) is 0 Å². The van der Waals surface area contributed by atoms with Gasteiger partial charge in [0.2, 0.25) is 0 Å². The van der Waals surface area contributed by atoms with Crippen LogP contribution in [-0.2, 0) is 0 Å². The van der Waals surface area contributed by atoms with E-state index in [1.165, 1.54) is 12.1 Å². The van der Waals surface area contributed by atoms with E-state index in [2.05, 4.69) is 6.58 Å². The van der Waals surface area contributed by atoms with Gasteiger partial charge in [-0.05, 0) is 19.1 Å². The number of nitrogens with zero attached hydrogens (tertiary/aromatic N) is 1. The van der Waals surface area contributed by atoms with Crippen molar-refractivity contribution in [3.63, 3.8) is 0 Å². The van der Waals surface area contributed by atoms with E-state index in [4.69, 9.17) is 10.00 Å². The van der Waals surface area contributed by atoms with Crippen LogP contribution < -0.4 is 4.74 Å². The number of ether oxygens (including phenoxy) is 1. The predicted octanol–water partition coefficient (Wildman–Crippen LogP) is 2.65. The second kappa shape index (κ2) is 4.43. The number of halogens is 1. The summed E-state index contributed by atoms with van der Waals surface area (Å²) < 4.78 is 18.4. The largest absolute Gasteiger partial charge is 0.485 e. The average Bonchev–Trinajstić information content (AvgIpc) is 2.18. The van der Waals surface area contributed by atoms with Gasteiger partial charge < -0.3 is 4.74 Å². The molecule has 0 aliphatic carbocycles. The molecule has 0 radical (unpaired) electrons. The summed E-state index contributed by atoms with van der Waals surface area (Å²) in [6.45, 7) is 5.30. The molecule has 1 aromatic rings. The van der Waals surface area contributed by atoms with Crippen molar-refractivity contribution >= 4 is 0 Å². The number of nitriles is 1. The standard InChI is InChI=1S/C11H10FNO/c1-3-8(2)14-11-6-4-5-10(12)9(11)7-13/h3-6,8H,1H2,2H3. The van der Waals surface area contributed by atoms with E-state index in [9.17, 15) is 4.39 Å². The average molecular weight is 191 g/mol. The second-order valence-corrected chi connectivity index (χ2v) is 2.78. The fourth-order valence-electron chi connectivity index (χ4n) is 0.959. The monoisotopic (exact) mass is 191 g/mol. The number of hydrogen-bond donors (Lipinski definition) is 0. The van der Waals surface area contributed by atoms with Crippen molar-refractivity contribution in [3.05, 3.63) is 42.2 Å². The Morgan fingerprint density at radius 2 is 2.36 bits per heavy atom. The van der Waals surface area contributed by atoms with E-state index in [0.717, 1.165) is 0 Å². The molecule has 0 amide bonds. The van der Waals surface area contributed by atoms with Crippen molar-refractivity contribution in [2.75, 3.05) is 0 Å². The third-order valence-corrected chi connectivity index (χ3v) is 1.73. The maximum absolute atomic E-state index is 13.1. The molecular formula is C11H10FNO. The topological polar surface area (TPSA) is 33.0 Å². The molecule has 14 heavy (non-hydrogen) atoms. The molecule has 1 unspecified atom stereocenters. The Bertz CT molecular complexity index is 381. The lowest BCUT2D eigenvalue weighted by molar-refractivity contribution is 0.268. The van der Waals surface area contributed by atoms with Gasteiger partial charge in [-0.2, -0.15) is 5.26 Å². The van der Waals surface area contributed by atoms with E-state index in [0.29, 0.717) is 0 Å². The first-order valence-electron chi connectivity index (χ1n) is 4.17. The molecule has 3 heteroatoms. The van der Waals surface area contributed by atoms with Crippen LogP contribution >= 0.6 is 0 Å². The highest BCUT2D eigenvalue weighted by atomic mass is 19.1. The maximum atomic E-state index is 13.1. The zero-order valence-electron chi connectivity index (χ0n) is 7.83. The molecule has 0 fully saturated rings. The first kappa shape index (κ1) is 10.3. The van der Waals surface area contributed by atoms with Crippen molar-refractivity contribution in [1.82, 2.24) is 0 Å². The van der Waals surface area contributed by atoms with Crippen LogP contribution in [0.15, 0.2) is 30.9 Å². The molecule has 1 rings (SSSR count). The molecule has 2 nitrogen and oxygen atoms in total. The first-order valence-corrected chi connectivity index (χ1v) is 4.17. The van der Waals surface area contributed by atoms with Gasteiger partial charge >= 0.3 is 0 Å². The molecule has 0 heterocycles. The minimum atomic E-state index is -0.568. The van der Waals surface area contributed by atoms with Gasteiger partial charge in [0, 0.05) is 0 Å². The Morgan fingerprint density at radius 3 is 2.93 bits per heavy atom. The zero-order valence-corrected chi connectivity index (χ0v) is 7.83. The Kier molecular flexibility index (Phi) is 3.24. The summed E-state index contributed by atoms with van der Waals surface area (Å²) in [7, 11) is 0. The fraction of sp³-hybridized carbons (Fsp3) is 0.182. The Balaban J connectivity index is 3.03. The molecule has 0 aliphatic heterocycles. The first-order chi connectivity index (χ1) is 6.69. The predicted molar refractivity (Wildman–Crippen MR) is 51.4 cm³/mol. The van der Waals surface area contributed by atoms with Crippen molar-refractivity contribution in [2.45, 2.75) is 13.0 Å². The van der Waals surface area contributed by atoms with Crippen LogP contribution in [0.3, 0.4) is 0 Å². The highest BCUT2D eigenvalue weighted by Crippen LogP contribution is 2.21. The molecule has 1 aromatic carbocycles. The highest BCUT2D eigenvalue weighted by molar-refractivity contribution is 5.43. The third-order valence-electron chi connectivity index (χ3n) is 1.73. The summed E-state index contributed by atoms with van der Waals surface area (Å²) in [6.07, 6.45) is 1.33. The van der Waals surface area contributed by atoms with Crippen LogP contribution in [0.2, 0.25) is 0 Å². The lowest BCUT2D eigenvalue weighted by Crippen LogP contribution is -2.08. The van der Waals surface area contributed by atoms with Gasteiger partial charge in [-0.25, -0.2) is 4.39 Å². The number of hydrogen-bond acceptors (Lipinski definition) is 2. The molecule has 0 saturated heterocycles. The second-order valence-electron chi connectivity index (χ2n) is 2.78. The van der Waals surface area contributed by atoms with Crippen molar-refractivity contribution in [2.24, 2.45) is 0 Å². The van der Waals surface area contributed by atoms with Crippen LogP contribution in [0.5, 0.6) is 5.75 Å². The van der Waals surface area contributed by atoms with Crippen LogP contribution in [0.25, 0.3) is 0 Å². The quantitative estimate of drug-likeness (QED) is 0.688. The fourth-order valence-corrected chi connectivity index (χ4v) is 0.959. The van der Waals surface area contributed by atoms with Gasteiger partial charge in [0.1, 0.15) is 29.3 Å². The van der Waals surface area contributed by atoms with Crippen molar-refractivity contribution in [3.8, 4) is 11.8 Å². The summed E-state index contributed by atoms with van der Waals surface area (Å²) >= 11 is 0. The SMILES string of the molecule is C=CC(C)Oc1cccc(F)c1C#N. The van der Waals surface area contributed by atoms with E-state index in [-0.39, 0.29) is 17.4 Å². The minimum absolute atomic E-state index is 0.0683. The molecular weight excluding hydrogens is 181 g/mol. The van der Waals surface area contributed by atoms with Gasteiger partial charge in [-0.1, -0.05) is 18.7 Å². The smallest absolute Gasteiger partial charge is 0.144 e. The van der Waals surface area contributed by atoms with E-state index < -0.39 is 5.82 Å². The van der Waals surface area contributed by atoms with Gasteiger partial charge in [0.05, 0.1) is 0 Å². The Morgan fingerprint density at radius 1 is 1.64 bits per heavy atom. The van der Waals surface area contributed by atoms with Crippen molar-refractivity contribution in [1.29, 1.82) is 5.26 Å². The molecule has 1 atom stereocenters. The number of benzene rings is 1. The van der Waals surface area contributed by atoms with E-state index in [1.807, 2.05) is 0 Å². The maximum Gasteiger partial charge on any atom is 0.144 e. The number of rotatable bonds is 3. The molecule has 0 bridgehead atoms. The Hall–Kier alpha value is -1.82. The van der Waals surface area contributed by atoms with Gasteiger partial charge in [-0.15, -0.1) is 0 Å². The molecule has 0 aliphatic rings. The molecule has 0 spiro atoms. The molecule has 0 aromatic heterocycles. The summed E-state index contributed by atoms with van der Waals surface area (Å²) in [4.78, 5) is 0. The summed E-state index contributed by atoms with van der Waals surface area (Å²) in [5, 5.41) is 8.69. The lowest BCUT2D eigenvalue weighted by atomic mass is 10.2. The van der Waals surface area contributed by atoms with Gasteiger partial charge in [0.15, 0.2) is 0 Å².